The van der Waals surface area contributed by atoms with E-state index in [0.29, 0.717) is 32.1 Å². The predicted molar refractivity (Wildman–Crippen MR) is 82.4 cm³/mol. The summed E-state index contributed by atoms with van der Waals surface area (Å²) in [6, 6.07) is 7.94. The van der Waals surface area contributed by atoms with E-state index < -0.39 is 0 Å². The average molecular weight is 319 g/mol. The van der Waals surface area contributed by atoms with Gasteiger partial charge < -0.3 is 9.64 Å². The second-order valence-corrected chi connectivity index (χ2v) is 5.74. The zero-order chi connectivity index (χ0) is 15.4. The van der Waals surface area contributed by atoms with Crippen LogP contribution < -0.4 is 0 Å². The summed E-state index contributed by atoms with van der Waals surface area (Å²) >= 11 is 1.68. The topological polar surface area (TPSA) is 73.1 Å². The van der Waals surface area contributed by atoms with Gasteiger partial charge in [0.05, 0.1) is 13.2 Å². The normalized spacial score (nSPS) is 15.0. The number of thioether (sulfide) groups is 1. The summed E-state index contributed by atoms with van der Waals surface area (Å²) in [6.45, 7) is 2.52. The van der Waals surface area contributed by atoms with Crippen molar-refractivity contribution in [2.24, 2.45) is 0 Å². The highest BCUT2D eigenvalue weighted by Gasteiger charge is 2.18. The fourth-order valence-electron chi connectivity index (χ4n) is 2.20. The second kappa shape index (κ2) is 6.89. The number of tetrazole rings is 1. The maximum Gasteiger partial charge on any atom is 0.246 e. The molecule has 0 spiro atoms. The van der Waals surface area contributed by atoms with Crippen molar-refractivity contribution in [3.8, 4) is 11.4 Å². The molecule has 22 heavy (non-hydrogen) atoms. The predicted octanol–water partition coefficient (Wildman–Crippen LogP) is 0.921. The number of carbonyl (C=O) groups excluding carboxylic acids is 1. The third kappa shape index (κ3) is 3.45. The van der Waals surface area contributed by atoms with Crippen LogP contribution in [0.3, 0.4) is 0 Å². The third-order valence-electron chi connectivity index (χ3n) is 3.44. The molecule has 1 aliphatic heterocycles. The van der Waals surface area contributed by atoms with E-state index in [1.165, 1.54) is 9.69 Å². The van der Waals surface area contributed by atoms with Gasteiger partial charge in [-0.1, -0.05) is 0 Å². The smallest absolute Gasteiger partial charge is 0.246 e. The molecule has 0 aliphatic carbocycles. The fraction of sp³-hybridized carbons (Fsp3) is 0.429. The Kier molecular flexibility index (Phi) is 4.69. The number of morpholine rings is 1. The van der Waals surface area contributed by atoms with Gasteiger partial charge in [0.2, 0.25) is 11.7 Å². The van der Waals surface area contributed by atoms with Crippen molar-refractivity contribution in [1.82, 2.24) is 25.1 Å². The minimum Gasteiger partial charge on any atom is -0.378 e. The molecular formula is C14H17N5O2S. The van der Waals surface area contributed by atoms with Crippen molar-refractivity contribution in [2.45, 2.75) is 11.4 Å². The van der Waals surface area contributed by atoms with Crippen molar-refractivity contribution in [3.63, 3.8) is 0 Å². The molecule has 1 amide bonds. The molecule has 1 aromatic carbocycles. The number of nitrogens with zero attached hydrogens (tertiary/aromatic N) is 5. The number of benzene rings is 1. The number of rotatable bonds is 4. The molecule has 0 N–H and O–H groups in total. The van der Waals surface area contributed by atoms with E-state index in [1.54, 1.807) is 16.7 Å². The number of carbonyl (C=O) groups is 1. The highest BCUT2D eigenvalue weighted by molar-refractivity contribution is 7.98. The number of hydrogen-bond donors (Lipinski definition) is 0. The molecule has 1 aromatic heterocycles. The minimum atomic E-state index is -0.00928. The lowest BCUT2D eigenvalue weighted by atomic mass is 10.2. The largest absolute Gasteiger partial charge is 0.378 e. The first-order valence-corrected chi connectivity index (χ1v) is 8.26. The van der Waals surface area contributed by atoms with E-state index in [2.05, 4.69) is 15.4 Å². The number of amides is 1. The van der Waals surface area contributed by atoms with Crippen molar-refractivity contribution < 1.29 is 9.53 Å². The standard InChI is InChI=1S/C14H17N5O2S/c1-22-12-4-2-11(3-5-12)14-15-17-19(16-14)10-13(20)18-6-8-21-9-7-18/h2-5H,6-10H2,1H3. The highest BCUT2D eigenvalue weighted by Crippen LogP contribution is 2.19. The Morgan fingerprint density at radius 2 is 2.00 bits per heavy atom. The van der Waals surface area contributed by atoms with Crippen molar-refractivity contribution in [3.05, 3.63) is 24.3 Å². The van der Waals surface area contributed by atoms with E-state index >= 15 is 0 Å². The molecule has 0 unspecified atom stereocenters. The van der Waals surface area contributed by atoms with Crippen LogP contribution in [0.2, 0.25) is 0 Å². The van der Waals surface area contributed by atoms with Crippen molar-refractivity contribution in [2.75, 3.05) is 32.6 Å². The first kappa shape index (κ1) is 15.0. The van der Waals surface area contributed by atoms with Crippen LogP contribution in [0.5, 0.6) is 0 Å². The number of aromatic nitrogens is 4. The maximum absolute atomic E-state index is 12.1. The van der Waals surface area contributed by atoms with Crippen molar-refractivity contribution in [1.29, 1.82) is 0 Å². The van der Waals surface area contributed by atoms with Crippen LogP contribution in [-0.2, 0) is 16.1 Å². The van der Waals surface area contributed by atoms with Gasteiger partial charge in [-0.05, 0) is 35.7 Å². The monoisotopic (exact) mass is 319 g/mol. The zero-order valence-corrected chi connectivity index (χ0v) is 13.1. The number of ether oxygens (including phenoxy) is 1. The summed E-state index contributed by atoms with van der Waals surface area (Å²) in [7, 11) is 0. The van der Waals surface area contributed by atoms with Gasteiger partial charge in [0.25, 0.3) is 0 Å². The molecule has 7 nitrogen and oxygen atoms in total. The first-order valence-electron chi connectivity index (χ1n) is 7.04. The molecule has 3 rings (SSSR count). The van der Waals surface area contributed by atoms with Crippen LogP contribution in [0.15, 0.2) is 29.2 Å². The van der Waals surface area contributed by atoms with Gasteiger partial charge in [0.1, 0.15) is 6.54 Å². The van der Waals surface area contributed by atoms with Crippen molar-refractivity contribution >= 4 is 17.7 Å². The molecule has 0 saturated carbocycles. The second-order valence-electron chi connectivity index (χ2n) is 4.87. The van der Waals surface area contributed by atoms with Crippen LogP contribution in [0.1, 0.15) is 0 Å². The van der Waals surface area contributed by atoms with Gasteiger partial charge in [-0.25, -0.2) is 0 Å². The molecule has 2 aromatic rings. The van der Waals surface area contributed by atoms with Crippen LogP contribution in [0, 0.1) is 0 Å². The Bertz CT molecular complexity index is 637. The Morgan fingerprint density at radius 1 is 1.27 bits per heavy atom. The molecule has 0 bridgehead atoms. The molecule has 1 fully saturated rings. The molecule has 1 aliphatic rings. The zero-order valence-electron chi connectivity index (χ0n) is 12.3. The Morgan fingerprint density at radius 3 is 2.68 bits per heavy atom. The SMILES string of the molecule is CSc1ccc(-c2nnn(CC(=O)N3CCOCC3)n2)cc1. The molecule has 1 saturated heterocycles. The molecule has 0 radical (unpaired) electrons. The molecule has 116 valence electrons. The maximum atomic E-state index is 12.1. The lowest BCUT2D eigenvalue weighted by Gasteiger charge is -2.26. The Balaban J connectivity index is 1.66. The molecular weight excluding hydrogens is 302 g/mol. The van der Waals surface area contributed by atoms with E-state index in [-0.39, 0.29) is 12.5 Å². The fourth-order valence-corrected chi connectivity index (χ4v) is 2.61. The number of hydrogen-bond acceptors (Lipinski definition) is 6. The summed E-state index contributed by atoms with van der Waals surface area (Å²) in [5.74, 6) is 0.521. The van der Waals surface area contributed by atoms with Gasteiger partial charge in [-0.15, -0.1) is 22.0 Å². The molecule has 0 atom stereocenters. The highest BCUT2D eigenvalue weighted by atomic mass is 32.2. The Labute approximate surface area is 132 Å². The average Bonchev–Trinajstić information content (AvgIpc) is 3.04. The van der Waals surface area contributed by atoms with Gasteiger partial charge in [-0.2, -0.15) is 4.80 Å². The van der Waals surface area contributed by atoms with Crippen LogP contribution >= 0.6 is 11.8 Å². The summed E-state index contributed by atoms with van der Waals surface area (Å²) in [5.41, 5.74) is 0.892. The summed E-state index contributed by atoms with van der Waals surface area (Å²) in [5, 5.41) is 12.3. The Hall–Kier alpha value is -1.93. The summed E-state index contributed by atoms with van der Waals surface area (Å²) < 4.78 is 5.23. The molecule has 2 heterocycles. The quantitative estimate of drug-likeness (QED) is 0.780. The van der Waals surface area contributed by atoms with Crippen LogP contribution in [0.25, 0.3) is 11.4 Å². The van der Waals surface area contributed by atoms with E-state index in [9.17, 15) is 4.79 Å². The van der Waals surface area contributed by atoms with Gasteiger partial charge >= 0.3 is 0 Å². The van der Waals surface area contributed by atoms with E-state index in [4.69, 9.17) is 4.74 Å². The molecule has 8 heteroatoms. The van der Waals surface area contributed by atoms with E-state index in [1.807, 2.05) is 30.5 Å². The lowest BCUT2D eigenvalue weighted by molar-refractivity contribution is -0.136. The summed E-state index contributed by atoms with van der Waals surface area (Å²) in [4.78, 5) is 16.4. The summed E-state index contributed by atoms with van der Waals surface area (Å²) in [6.07, 6.45) is 2.03. The van der Waals surface area contributed by atoms with E-state index in [0.717, 1.165) is 5.56 Å². The van der Waals surface area contributed by atoms with Crippen LogP contribution in [0.4, 0.5) is 0 Å². The third-order valence-corrected chi connectivity index (χ3v) is 4.19. The lowest BCUT2D eigenvalue weighted by Crippen LogP contribution is -2.42. The van der Waals surface area contributed by atoms with Gasteiger partial charge in [-0.3, -0.25) is 4.79 Å². The van der Waals surface area contributed by atoms with Crippen LogP contribution in [-0.4, -0.2) is 63.6 Å². The minimum absolute atomic E-state index is 0.00928. The first-order chi connectivity index (χ1) is 10.8. The van der Waals surface area contributed by atoms with Gasteiger partial charge in [0, 0.05) is 23.5 Å². The van der Waals surface area contributed by atoms with Gasteiger partial charge in [0.15, 0.2) is 0 Å².